The standard InChI is InChI=1S/C23H26N4O4S/c1-15(2)31-18-7-9-19(10-8-18)32(29,30)26-20-12-16(3)13-25-22(20)23(28)17-6-11-21(24-14-17)27(4)5/h6-15,26H,1-5H3. The molecule has 0 bridgehead atoms. The molecule has 0 spiro atoms. The van der Waals surface area contributed by atoms with E-state index in [0.29, 0.717) is 22.7 Å². The fourth-order valence-corrected chi connectivity index (χ4v) is 3.98. The van der Waals surface area contributed by atoms with Gasteiger partial charge in [-0.1, -0.05) is 0 Å². The maximum Gasteiger partial charge on any atom is 0.261 e. The molecule has 0 saturated carbocycles. The Bertz CT molecular complexity index is 1210. The fourth-order valence-electron chi connectivity index (χ4n) is 2.92. The number of aryl methyl sites for hydroxylation is 1. The van der Waals surface area contributed by atoms with Gasteiger partial charge in [0.1, 0.15) is 17.3 Å². The summed E-state index contributed by atoms with van der Waals surface area (Å²) in [6.07, 6.45) is 2.94. The van der Waals surface area contributed by atoms with Crippen molar-refractivity contribution in [2.75, 3.05) is 23.7 Å². The number of hydrogen-bond acceptors (Lipinski definition) is 7. The lowest BCUT2D eigenvalue weighted by Gasteiger charge is -2.14. The number of nitrogens with zero attached hydrogens (tertiary/aromatic N) is 3. The van der Waals surface area contributed by atoms with Crippen LogP contribution in [0.15, 0.2) is 59.8 Å². The first-order valence-electron chi connectivity index (χ1n) is 10.0. The van der Waals surface area contributed by atoms with Crippen LogP contribution < -0.4 is 14.4 Å². The second-order valence-electron chi connectivity index (χ2n) is 7.78. The molecule has 2 aromatic heterocycles. The lowest BCUT2D eigenvalue weighted by atomic mass is 10.1. The Morgan fingerprint density at radius 2 is 1.72 bits per heavy atom. The van der Waals surface area contributed by atoms with Gasteiger partial charge >= 0.3 is 0 Å². The molecule has 0 aliphatic heterocycles. The van der Waals surface area contributed by atoms with E-state index in [1.54, 1.807) is 37.3 Å². The van der Waals surface area contributed by atoms with Gasteiger partial charge in [0.2, 0.25) is 5.78 Å². The van der Waals surface area contributed by atoms with Gasteiger partial charge in [0.25, 0.3) is 10.0 Å². The predicted molar refractivity (Wildman–Crippen MR) is 124 cm³/mol. The van der Waals surface area contributed by atoms with Crippen molar-refractivity contribution in [2.24, 2.45) is 0 Å². The van der Waals surface area contributed by atoms with E-state index in [2.05, 4.69) is 14.7 Å². The zero-order valence-corrected chi connectivity index (χ0v) is 19.5. The van der Waals surface area contributed by atoms with Gasteiger partial charge in [-0.15, -0.1) is 0 Å². The van der Waals surface area contributed by atoms with Gasteiger partial charge in [0.15, 0.2) is 0 Å². The van der Waals surface area contributed by atoms with Crippen molar-refractivity contribution in [3.8, 4) is 5.75 Å². The number of benzene rings is 1. The van der Waals surface area contributed by atoms with Gasteiger partial charge in [-0.2, -0.15) is 0 Å². The van der Waals surface area contributed by atoms with Crippen molar-refractivity contribution in [1.82, 2.24) is 9.97 Å². The Hall–Kier alpha value is -3.46. The van der Waals surface area contributed by atoms with Crippen LogP contribution in [0.5, 0.6) is 5.75 Å². The van der Waals surface area contributed by atoms with E-state index in [-0.39, 0.29) is 22.4 Å². The van der Waals surface area contributed by atoms with Crippen LogP contribution in [-0.2, 0) is 10.0 Å². The topological polar surface area (TPSA) is 101 Å². The summed E-state index contributed by atoms with van der Waals surface area (Å²) in [7, 11) is -0.258. The zero-order valence-electron chi connectivity index (χ0n) is 18.7. The number of carbonyl (C=O) groups is 1. The molecule has 0 aliphatic carbocycles. The molecule has 0 radical (unpaired) electrons. The summed E-state index contributed by atoms with van der Waals surface area (Å²) in [5.41, 5.74) is 1.12. The van der Waals surface area contributed by atoms with Crippen LogP contribution in [0.1, 0.15) is 35.5 Å². The van der Waals surface area contributed by atoms with E-state index in [1.807, 2.05) is 32.8 Å². The van der Waals surface area contributed by atoms with E-state index in [1.165, 1.54) is 24.5 Å². The molecule has 0 aliphatic rings. The molecule has 3 aromatic rings. The second-order valence-corrected chi connectivity index (χ2v) is 9.46. The number of rotatable bonds is 8. The minimum atomic E-state index is -3.95. The lowest BCUT2D eigenvalue weighted by Crippen LogP contribution is -2.17. The highest BCUT2D eigenvalue weighted by Gasteiger charge is 2.22. The molecule has 1 N–H and O–H groups in total. The molecule has 32 heavy (non-hydrogen) atoms. The van der Waals surface area contributed by atoms with Crippen LogP contribution >= 0.6 is 0 Å². The number of ketones is 1. The van der Waals surface area contributed by atoms with Crippen molar-refractivity contribution >= 4 is 27.3 Å². The number of aromatic nitrogens is 2. The number of nitrogens with one attached hydrogen (secondary N) is 1. The third kappa shape index (κ3) is 5.42. The van der Waals surface area contributed by atoms with Gasteiger partial charge in [-0.05, 0) is 68.8 Å². The predicted octanol–water partition coefficient (Wildman–Crippen LogP) is 3.67. The van der Waals surface area contributed by atoms with Gasteiger partial charge in [0, 0.05) is 32.1 Å². The summed E-state index contributed by atoms with van der Waals surface area (Å²) in [4.78, 5) is 23.4. The highest BCUT2D eigenvalue weighted by molar-refractivity contribution is 7.92. The fraction of sp³-hybridized carbons (Fsp3) is 0.261. The first-order valence-corrected chi connectivity index (χ1v) is 11.5. The minimum absolute atomic E-state index is 0.00154. The number of ether oxygens (including phenoxy) is 1. The van der Waals surface area contributed by atoms with Gasteiger partial charge in [0.05, 0.1) is 16.7 Å². The second kappa shape index (κ2) is 9.35. The van der Waals surface area contributed by atoms with Crippen molar-refractivity contribution in [3.63, 3.8) is 0 Å². The summed E-state index contributed by atoms with van der Waals surface area (Å²) >= 11 is 0. The molecule has 8 nitrogen and oxygen atoms in total. The van der Waals surface area contributed by atoms with E-state index < -0.39 is 15.8 Å². The van der Waals surface area contributed by atoms with Gasteiger partial charge in [-0.25, -0.2) is 13.4 Å². The summed E-state index contributed by atoms with van der Waals surface area (Å²) < 4.78 is 34.0. The number of sulfonamides is 1. The molecule has 0 saturated heterocycles. The van der Waals surface area contributed by atoms with Crippen LogP contribution in [0.2, 0.25) is 0 Å². The summed E-state index contributed by atoms with van der Waals surface area (Å²) in [5, 5.41) is 0. The Balaban J connectivity index is 1.91. The number of carbonyl (C=O) groups excluding carboxylic acids is 1. The molecule has 3 rings (SSSR count). The molecular formula is C23H26N4O4S. The molecule has 0 amide bonds. The normalized spacial score (nSPS) is 11.3. The van der Waals surface area contributed by atoms with Crippen molar-refractivity contribution in [2.45, 2.75) is 31.8 Å². The van der Waals surface area contributed by atoms with E-state index in [4.69, 9.17) is 4.74 Å². The number of anilines is 2. The van der Waals surface area contributed by atoms with E-state index >= 15 is 0 Å². The van der Waals surface area contributed by atoms with E-state index in [9.17, 15) is 13.2 Å². The lowest BCUT2D eigenvalue weighted by molar-refractivity contribution is 0.103. The quantitative estimate of drug-likeness (QED) is 0.518. The van der Waals surface area contributed by atoms with Crippen molar-refractivity contribution in [3.05, 3.63) is 71.7 Å². The Morgan fingerprint density at radius 1 is 1.03 bits per heavy atom. The van der Waals surface area contributed by atoms with Gasteiger partial charge < -0.3 is 9.64 Å². The highest BCUT2D eigenvalue weighted by atomic mass is 32.2. The third-order valence-corrected chi connectivity index (χ3v) is 5.84. The van der Waals surface area contributed by atoms with Crippen LogP contribution in [0.4, 0.5) is 11.5 Å². The molecule has 0 fully saturated rings. The molecular weight excluding hydrogens is 428 g/mol. The van der Waals surface area contributed by atoms with E-state index in [0.717, 1.165) is 0 Å². The molecule has 1 aromatic carbocycles. The monoisotopic (exact) mass is 454 g/mol. The molecule has 0 atom stereocenters. The summed E-state index contributed by atoms with van der Waals surface area (Å²) in [6.45, 7) is 5.54. The summed E-state index contributed by atoms with van der Waals surface area (Å²) in [6, 6.07) is 11.0. The first kappa shape index (κ1) is 23.2. The molecule has 168 valence electrons. The average molecular weight is 455 g/mol. The Kier molecular flexibility index (Phi) is 6.78. The first-order chi connectivity index (χ1) is 15.1. The Labute approximate surface area is 188 Å². The molecule has 2 heterocycles. The van der Waals surface area contributed by atoms with Crippen LogP contribution in [0.25, 0.3) is 0 Å². The van der Waals surface area contributed by atoms with Crippen LogP contribution in [0.3, 0.4) is 0 Å². The van der Waals surface area contributed by atoms with Crippen LogP contribution in [0, 0.1) is 6.92 Å². The summed E-state index contributed by atoms with van der Waals surface area (Å²) in [5.74, 6) is 0.839. The maximum atomic E-state index is 13.1. The zero-order chi connectivity index (χ0) is 23.5. The highest BCUT2D eigenvalue weighted by Crippen LogP contribution is 2.24. The minimum Gasteiger partial charge on any atom is -0.491 e. The maximum absolute atomic E-state index is 13.1. The smallest absolute Gasteiger partial charge is 0.261 e. The van der Waals surface area contributed by atoms with Crippen molar-refractivity contribution < 1.29 is 17.9 Å². The van der Waals surface area contributed by atoms with Crippen molar-refractivity contribution in [1.29, 1.82) is 0 Å². The van der Waals surface area contributed by atoms with Gasteiger partial charge in [-0.3, -0.25) is 14.5 Å². The average Bonchev–Trinajstić information content (AvgIpc) is 2.73. The largest absolute Gasteiger partial charge is 0.491 e. The SMILES string of the molecule is Cc1cnc(C(=O)c2ccc(N(C)C)nc2)c(NS(=O)(=O)c2ccc(OC(C)C)cc2)c1. The molecule has 0 unspecified atom stereocenters. The third-order valence-electron chi connectivity index (χ3n) is 4.46. The van der Waals surface area contributed by atoms with Crippen LogP contribution in [-0.4, -0.2) is 44.4 Å². The molecule has 9 heteroatoms. The Morgan fingerprint density at radius 3 is 2.28 bits per heavy atom. The number of pyridine rings is 2. The number of hydrogen-bond donors (Lipinski definition) is 1.